The van der Waals surface area contributed by atoms with Gasteiger partial charge in [-0.25, -0.2) is 0 Å². The zero-order chi connectivity index (χ0) is 15.8. The summed E-state index contributed by atoms with van der Waals surface area (Å²) in [6, 6.07) is 0. The van der Waals surface area contributed by atoms with Gasteiger partial charge in [0.1, 0.15) is 0 Å². The highest BCUT2D eigenvalue weighted by atomic mass is 16.4. The first kappa shape index (κ1) is 16.7. The van der Waals surface area contributed by atoms with Gasteiger partial charge >= 0.3 is 5.97 Å². The molecule has 0 aliphatic rings. The van der Waals surface area contributed by atoms with Crippen LogP contribution in [0.15, 0.2) is 36.5 Å². The van der Waals surface area contributed by atoms with Gasteiger partial charge in [-0.1, -0.05) is 56.2 Å². The van der Waals surface area contributed by atoms with E-state index in [1.165, 1.54) is 19.3 Å². The molecule has 0 radical (unpaired) electrons. The van der Waals surface area contributed by atoms with Crippen molar-refractivity contribution in [3.05, 3.63) is 36.5 Å². The molecule has 0 fully saturated rings. The SMILES string of the molecule is [2H][C@@H](/C=C\C/C=C\CCCCC)/C=C\CCCCC(=O)O. The quantitative estimate of drug-likeness (QED) is 0.349. The Morgan fingerprint density at radius 2 is 1.55 bits per heavy atom. The highest BCUT2D eigenvalue weighted by Crippen LogP contribution is 2.02. The van der Waals surface area contributed by atoms with E-state index >= 15 is 0 Å². The van der Waals surface area contributed by atoms with Crippen molar-refractivity contribution in [2.45, 2.75) is 71.1 Å². The molecule has 0 aliphatic heterocycles. The summed E-state index contributed by atoms with van der Waals surface area (Å²) in [5, 5.41) is 8.50. The fourth-order valence-electron chi connectivity index (χ4n) is 1.74. The summed E-state index contributed by atoms with van der Waals surface area (Å²) < 4.78 is 7.80. The number of hydrogen-bond donors (Lipinski definition) is 1. The predicted molar refractivity (Wildman–Crippen MR) is 86.9 cm³/mol. The molecular formula is C18H30O2. The number of rotatable bonds is 13. The number of carboxylic acids is 1. The normalized spacial score (nSPS) is 14.3. The van der Waals surface area contributed by atoms with E-state index in [4.69, 9.17) is 6.48 Å². The summed E-state index contributed by atoms with van der Waals surface area (Å²) >= 11 is 0. The minimum Gasteiger partial charge on any atom is -0.481 e. The molecule has 0 amide bonds. The van der Waals surface area contributed by atoms with E-state index in [1.807, 2.05) is 24.3 Å². The van der Waals surface area contributed by atoms with E-state index in [0.717, 1.165) is 25.7 Å². The van der Waals surface area contributed by atoms with Gasteiger partial charge in [0, 0.05) is 7.79 Å². The molecule has 0 saturated carbocycles. The number of aliphatic carboxylic acids is 1. The third-order valence-corrected chi connectivity index (χ3v) is 2.92. The molecule has 0 unspecified atom stereocenters. The van der Waals surface area contributed by atoms with Crippen LogP contribution in [0, 0.1) is 0 Å². The second-order valence-corrected chi connectivity index (χ2v) is 4.89. The van der Waals surface area contributed by atoms with E-state index < -0.39 is 5.97 Å². The zero-order valence-electron chi connectivity index (χ0n) is 13.8. The fraction of sp³-hybridized carbons (Fsp3) is 0.611. The summed E-state index contributed by atoms with van der Waals surface area (Å²) in [5.74, 6) is -0.733. The Labute approximate surface area is 125 Å². The number of carboxylic acid groups (broad SMARTS) is 1. The second-order valence-electron chi connectivity index (χ2n) is 4.89. The van der Waals surface area contributed by atoms with Gasteiger partial charge in [-0.3, -0.25) is 4.79 Å². The molecule has 0 saturated heterocycles. The van der Waals surface area contributed by atoms with Crippen molar-refractivity contribution in [3.8, 4) is 0 Å². The van der Waals surface area contributed by atoms with E-state index in [1.54, 1.807) is 0 Å². The van der Waals surface area contributed by atoms with Crippen LogP contribution < -0.4 is 0 Å². The van der Waals surface area contributed by atoms with Gasteiger partial charge in [0.05, 0.1) is 0 Å². The van der Waals surface area contributed by atoms with E-state index in [0.29, 0.717) is 6.42 Å². The molecule has 0 aromatic carbocycles. The molecule has 20 heavy (non-hydrogen) atoms. The average molecular weight is 279 g/mol. The monoisotopic (exact) mass is 279 g/mol. The Morgan fingerprint density at radius 1 is 0.950 bits per heavy atom. The topological polar surface area (TPSA) is 37.3 Å². The van der Waals surface area contributed by atoms with Gasteiger partial charge < -0.3 is 5.11 Å². The first-order valence-corrected chi connectivity index (χ1v) is 7.79. The molecule has 0 heterocycles. The largest absolute Gasteiger partial charge is 0.481 e. The number of carbonyl (C=O) groups is 1. The minimum absolute atomic E-state index is 0.239. The van der Waals surface area contributed by atoms with Crippen LogP contribution in [0.3, 0.4) is 0 Å². The number of hydrogen-bond acceptors (Lipinski definition) is 1. The van der Waals surface area contributed by atoms with Crippen molar-refractivity contribution in [1.82, 2.24) is 0 Å². The summed E-state index contributed by atoms with van der Waals surface area (Å²) in [7, 11) is 0. The lowest BCUT2D eigenvalue weighted by molar-refractivity contribution is -0.137. The van der Waals surface area contributed by atoms with Gasteiger partial charge in [0.25, 0.3) is 0 Å². The lowest BCUT2D eigenvalue weighted by Crippen LogP contribution is -1.92. The van der Waals surface area contributed by atoms with Crippen molar-refractivity contribution in [3.63, 3.8) is 0 Å². The Hall–Kier alpha value is -1.31. The number of unbranched alkanes of at least 4 members (excludes halogenated alkanes) is 5. The maximum absolute atomic E-state index is 10.3. The van der Waals surface area contributed by atoms with Crippen LogP contribution in [0.2, 0.25) is 0 Å². The van der Waals surface area contributed by atoms with Crippen molar-refractivity contribution < 1.29 is 11.3 Å². The average Bonchev–Trinajstić information content (AvgIpc) is 2.45. The molecular weight excluding hydrogens is 248 g/mol. The predicted octanol–water partition coefficient (Wildman–Crippen LogP) is 5.66. The van der Waals surface area contributed by atoms with Gasteiger partial charge in [-0.05, 0) is 44.9 Å². The van der Waals surface area contributed by atoms with Crippen LogP contribution in [0.4, 0.5) is 0 Å². The Kier molecular flexibility index (Phi) is 13.2. The van der Waals surface area contributed by atoms with Crippen LogP contribution in [-0.2, 0) is 4.79 Å². The van der Waals surface area contributed by atoms with Crippen molar-refractivity contribution in [2.75, 3.05) is 0 Å². The fourth-order valence-corrected chi connectivity index (χ4v) is 1.74. The van der Waals surface area contributed by atoms with E-state index in [2.05, 4.69) is 19.1 Å². The van der Waals surface area contributed by atoms with Gasteiger partial charge in [0.15, 0.2) is 0 Å². The maximum atomic E-state index is 10.3. The molecule has 0 aromatic rings. The van der Waals surface area contributed by atoms with Gasteiger partial charge in [-0.2, -0.15) is 0 Å². The highest BCUT2D eigenvalue weighted by molar-refractivity contribution is 5.66. The first-order valence-electron chi connectivity index (χ1n) is 8.37. The van der Waals surface area contributed by atoms with E-state index in [-0.39, 0.29) is 12.8 Å². The molecule has 114 valence electrons. The molecule has 0 bridgehead atoms. The molecule has 2 heteroatoms. The Morgan fingerprint density at radius 3 is 2.25 bits per heavy atom. The van der Waals surface area contributed by atoms with Gasteiger partial charge in [-0.15, -0.1) is 0 Å². The Bertz CT molecular complexity index is 332. The molecule has 2 nitrogen and oxygen atoms in total. The standard InChI is InChI=1S/C18H30O2/c1-2-3-4-5-6-7-8-9-10-11-12-13-14-15-16-17-18(19)20/h6-7,9-10,12-13H,2-5,8,11,14-17H2,1H3,(H,19,20)/b7-6-,10-9-,13-12-/i11D/t11-/m0/s1. The second kappa shape index (κ2) is 15.7. The third-order valence-electron chi connectivity index (χ3n) is 2.92. The highest BCUT2D eigenvalue weighted by Gasteiger charge is 1.93. The van der Waals surface area contributed by atoms with Crippen LogP contribution >= 0.6 is 0 Å². The number of allylic oxidation sites excluding steroid dienone is 6. The minimum atomic E-state index is -0.733. The molecule has 0 rings (SSSR count). The molecule has 0 aromatic heterocycles. The lowest BCUT2D eigenvalue weighted by Gasteiger charge is -1.92. The van der Waals surface area contributed by atoms with Crippen LogP contribution in [0.5, 0.6) is 0 Å². The zero-order valence-corrected chi connectivity index (χ0v) is 12.8. The van der Waals surface area contributed by atoms with Gasteiger partial charge in [0.2, 0.25) is 0 Å². The van der Waals surface area contributed by atoms with Crippen LogP contribution in [0.1, 0.15) is 72.5 Å². The van der Waals surface area contributed by atoms with Crippen LogP contribution in [0.25, 0.3) is 0 Å². The summed E-state index contributed by atoms with van der Waals surface area (Å²) in [5.41, 5.74) is 0. The molecule has 0 spiro atoms. The summed E-state index contributed by atoms with van der Waals surface area (Å²) in [4.78, 5) is 10.3. The maximum Gasteiger partial charge on any atom is 0.303 e. The Balaban J connectivity index is 3.56. The lowest BCUT2D eigenvalue weighted by atomic mass is 10.2. The molecule has 1 N–H and O–H groups in total. The molecule has 0 aliphatic carbocycles. The molecule has 1 atom stereocenters. The van der Waals surface area contributed by atoms with Crippen molar-refractivity contribution in [2.24, 2.45) is 0 Å². The van der Waals surface area contributed by atoms with Crippen molar-refractivity contribution in [1.29, 1.82) is 0 Å². The van der Waals surface area contributed by atoms with Crippen LogP contribution in [-0.4, -0.2) is 11.1 Å². The first-order chi connectivity index (χ1) is 10.2. The third kappa shape index (κ3) is 16.7. The summed E-state index contributed by atoms with van der Waals surface area (Å²) in [6.45, 7) is 2.21. The summed E-state index contributed by atoms with van der Waals surface area (Å²) in [6.07, 6.45) is 20.4. The van der Waals surface area contributed by atoms with E-state index in [9.17, 15) is 4.79 Å². The smallest absolute Gasteiger partial charge is 0.303 e. The van der Waals surface area contributed by atoms with Crippen molar-refractivity contribution >= 4 is 5.97 Å².